The lowest BCUT2D eigenvalue weighted by Gasteiger charge is -2.17. The molecule has 0 spiro atoms. The van der Waals surface area contributed by atoms with Crippen molar-refractivity contribution in [2.45, 2.75) is 19.5 Å². The molecule has 1 aromatic carbocycles. The maximum absolute atomic E-state index is 5.06. The molecule has 0 radical (unpaired) electrons. The van der Waals surface area contributed by atoms with Crippen molar-refractivity contribution in [3.8, 4) is 5.88 Å². The average molecular weight is 268 g/mol. The van der Waals surface area contributed by atoms with E-state index < -0.39 is 0 Å². The maximum atomic E-state index is 5.06. The highest BCUT2D eigenvalue weighted by molar-refractivity contribution is 5.66. The van der Waals surface area contributed by atoms with E-state index in [2.05, 4.69) is 35.9 Å². The molecule has 0 saturated carbocycles. The van der Waals surface area contributed by atoms with Crippen LogP contribution in [-0.2, 0) is 6.54 Å². The fourth-order valence-corrected chi connectivity index (χ4v) is 1.93. The van der Waals surface area contributed by atoms with E-state index in [9.17, 15) is 0 Å². The molecule has 2 aromatic rings. The van der Waals surface area contributed by atoms with Gasteiger partial charge in [0, 0.05) is 24.8 Å². The number of pyridine rings is 1. The molecule has 0 bridgehead atoms. The van der Waals surface area contributed by atoms with Crippen molar-refractivity contribution in [2.24, 2.45) is 0 Å². The predicted molar refractivity (Wildman–Crippen MR) is 82.6 cm³/mol. The van der Waals surface area contributed by atoms with E-state index in [0.717, 1.165) is 17.7 Å². The first-order valence-corrected chi connectivity index (χ1v) is 6.67. The van der Waals surface area contributed by atoms with Crippen molar-refractivity contribution < 1.29 is 4.74 Å². The monoisotopic (exact) mass is 268 g/mol. The first-order chi connectivity index (χ1) is 9.70. The number of aromatic nitrogens is 1. The number of ether oxygens (including phenoxy) is 1. The minimum atomic E-state index is 0.186. The number of nitrogens with zero attached hydrogens (tertiary/aromatic N) is 1. The quantitative estimate of drug-likeness (QED) is 0.873. The molecular formula is C17H20N2O. The van der Waals surface area contributed by atoms with Gasteiger partial charge in [-0.15, -0.1) is 0 Å². The van der Waals surface area contributed by atoms with Crippen LogP contribution in [0.25, 0.3) is 5.57 Å². The summed E-state index contributed by atoms with van der Waals surface area (Å²) < 4.78 is 5.06. The second-order valence-corrected chi connectivity index (χ2v) is 4.70. The number of rotatable bonds is 6. The number of hydrogen-bond donors (Lipinski definition) is 1. The number of benzene rings is 1. The van der Waals surface area contributed by atoms with Gasteiger partial charge in [-0.25, -0.2) is 4.98 Å². The van der Waals surface area contributed by atoms with Crippen LogP contribution in [0.1, 0.15) is 18.1 Å². The molecule has 1 atom stereocenters. The molecule has 1 heterocycles. The Balaban J connectivity index is 1.94. The van der Waals surface area contributed by atoms with Crippen LogP contribution in [0, 0.1) is 0 Å². The standard InChI is InChI=1S/C17H20N2O/c1-13(16-9-10-17(20-3)19-12-16)14(2)18-11-15-7-5-4-6-8-15/h4-10,12,14,18H,1,11H2,2-3H3/t14-/m1/s1. The van der Waals surface area contributed by atoms with Crippen molar-refractivity contribution >= 4 is 5.57 Å². The molecular weight excluding hydrogens is 248 g/mol. The Kier molecular flexibility index (Phi) is 4.91. The van der Waals surface area contributed by atoms with E-state index in [-0.39, 0.29) is 6.04 Å². The van der Waals surface area contributed by atoms with Gasteiger partial charge in [-0.05, 0) is 29.7 Å². The van der Waals surface area contributed by atoms with E-state index >= 15 is 0 Å². The summed E-state index contributed by atoms with van der Waals surface area (Å²) in [4.78, 5) is 4.21. The molecule has 3 heteroatoms. The van der Waals surface area contributed by atoms with Crippen molar-refractivity contribution in [2.75, 3.05) is 7.11 Å². The summed E-state index contributed by atoms with van der Waals surface area (Å²) in [6.07, 6.45) is 1.79. The van der Waals surface area contributed by atoms with Crippen molar-refractivity contribution in [1.29, 1.82) is 0 Å². The molecule has 1 N–H and O–H groups in total. The van der Waals surface area contributed by atoms with Gasteiger partial charge >= 0.3 is 0 Å². The Morgan fingerprint density at radius 3 is 2.60 bits per heavy atom. The summed E-state index contributed by atoms with van der Waals surface area (Å²) in [5, 5.41) is 3.47. The van der Waals surface area contributed by atoms with Gasteiger partial charge in [-0.3, -0.25) is 0 Å². The van der Waals surface area contributed by atoms with Crippen molar-refractivity contribution in [3.63, 3.8) is 0 Å². The smallest absolute Gasteiger partial charge is 0.212 e. The maximum Gasteiger partial charge on any atom is 0.212 e. The highest BCUT2D eigenvalue weighted by atomic mass is 16.5. The van der Waals surface area contributed by atoms with Gasteiger partial charge in [-0.1, -0.05) is 36.9 Å². The summed E-state index contributed by atoms with van der Waals surface area (Å²) in [5.41, 5.74) is 3.31. The lowest BCUT2D eigenvalue weighted by molar-refractivity contribution is 0.398. The van der Waals surface area contributed by atoms with Crippen molar-refractivity contribution in [3.05, 3.63) is 66.4 Å². The number of nitrogens with one attached hydrogen (secondary N) is 1. The van der Waals surface area contributed by atoms with Crippen LogP contribution in [-0.4, -0.2) is 18.1 Å². The first kappa shape index (κ1) is 14.3. The molecule has 1 aromatic heterocycles. The van der Waals surface area contributed by atoms with Crippen LogP contribution in [0.5, 0.6) is 5.88 Å². The molecule has 0 aliphatic heterocycles. The Labute approximate surface area is 120 Å². The van der Waals surface area contributed by atoms with Gasteiger partial charge in [0.25, 0.3) is 0 Å². The van der Waals surface area contributed by atoms with Gasteiger partial charge in [0.05, 0.1) is 7.11 Å². The summed E-state index contributed by atoms with van der Waals surface area (Å²) in [7, 11) is 1.61. The van der Waals surface area contributed by atoms with E-state index in [1.807, 2.05) is 30.3 Å². The topological polar surface area (TPSA) is 34.1 Å². The number of hydrogen-bond acceptors (Lipinski definition) is 3. The van der Waals surface area contributed by atoms with Crippen LogP contribution < -0.4 is 10.1 Å². The Morgan fingerprint density at radius 1 is 1.25 bits per heavy atom. The summed E-state index contributed by atoms with van der Waals surface area (Å²) >= 11 is 0. The summed E-state index contributed by atoms with van der Waals surface area (Å²) in [5.74, 6) is 0.617. The molecule has 0 saturated heterocycles. The van der Waals surface area contributed by atoms with Gasteiger partial charge in [0.1, 0.15) is 0 Å². The fourth-order valence-electron chi connectivity index (χ4n) is 1.93. The third kappa shape index (κ3) is 3.68. The molecule has 2 rings (SSSR count). The van der Waals surface area contributed by atoms with Crippen LogP contribution in [0.2, 0.25) is 0 Å². The molecule has 3 nitrogen and oxygen atoms in total. The Hall–Kier alpha value is -2.13. The van der Waals surface area contributed by atoms with Gasteiger partial charge in [0.2, 0.25) is 5.88 Å². The lowest BCUT2D eigenvalue weighted by atomic mass is 10.0. The number of methoxy groups -OCH3 is 1. The van der Waals surface area contributed by atoms with E-state index in [4.69, 9.17) is 4.74 Å². The third-order valence-electron chi connectivity index (χ3n) is 3.29. The van der Waals surface area contributed by atoms with E-state index in [0.29, 0.717) is 5.88 Å². The zero-order chi connectivity index (χ0) is 14.4. The molecule has 20 heavy (non-hydrogen) atoms. The molecule has 0 aliphatic rings. The minimum Gasteiger partial charge on any atom is -0.481 e. The van der Waals surface area contributed by atoms with Gasteiger partial charge in [-0.2, -0.15) is 0 Å². The zero-order valence-electron chi connectivity index (χ0n) is 12.0. The second-order valence-electron chi connectivity index (χ2n) is 4.70. The fraction of sp³-hybridized carbons (Fsp3) is 0.235. The minimum absolute atomic E-state index is 0.186. The molecule has 0 aliphatic carbocycles. The van der Waals surface area contributed by atoms with E-state index in [1.165, 1.54) is 5.56 Å². The molecule has 104 valence electrons. The third-order valence-corrected chi connectivity index (χ3v) is 3.29. The van der Waals surface area contributed by atoms with Gasteiger partial charge in [0.15, 0.2) is 0 Å². The average Bonchev–Trinajstić information content (AvgIpc) is 2.53. The van der Waals surface area contributed by atoms with Crippen LogP contribution >= 0.6 is 0 Å². The SMILES string of the molecule is C=C(c1ccc(OC)nc1)[C@@H](C)NCc1ccccc1. The summed E-state index contributed by atoms with van der Waals surface area (Å²) in [6.45, 7) is 7.08. The van der Waals surface area contributed by atoms with Crippen molar-refractivity contribution in [1.82, 2.24) is 10.3 Å². The molecule has 0 amide bonds. The first-order valence-electron chi connectivity index (χ1n) is 6.67. The van der Waals surface area contributed by atoms with Crippen LogP contribution in [0.15, 0.2) is 55.2 Å². The summed E-state index contributed by atoms with van der Waals surface area (Å²) in [6, 6.07) is 14.3. The molecule has 0 unspecified atom stereocenters. The highest BCUT2D eigenvalue weighted by Crippen LogP contribution is 2.17. The van der Waals surface area contributed by atoms with Crippen LogP contribution in [0.4, 0.5) is 0 Å². The largest absolute Gasteiger partial charge is 0.481 e. The normalized spacial score (nSPS) is 11.9. The predicted octanol–water partition coefficient (Wildman–Crippen LogP) is 3.28. The van der Waals surface area contributed by atoms with Gasteiger partial charge < -0.3 is 10.1 Å². The zero-order valence-corrected chi connectivity index (χ0v) is 12.0. The highest BCUT2D eigenvalue weighted by Gasteiger charge is 2.09. The Bertz CT molecular complexity index is 549. The second kappa shape index (κ2) is 6.87. The lowest BCUT2D eigenvalue weighted by Crippen LogP contribution is -2.26. The van der Waals surface area contributed by atoms with Crippen LogP contribution in [0.3, 0.4) is 0 Å². The molecule has 0 fully saturated rings. The Morgan fingerprint density at radius 2 is 2.00 bits per heavy atom. The van der Waals surface area contributed by atoms with E-state index in [1.54, 1.807) is 13.3 Å².